The number of thiocarbonyl (C=S) groups is 1. The Morgan fingerprint density at radius 3 is 2.65 bits per heavy atom. The van der Waals surface area contributed by atoms with Gasteiger partial charge in [-0.05, 0) is 36.1 Å². The van der Waals surface area contributed by atoms with E-state index in [1.54, 1.807) is 11.0 Å². The molecule has 1 amide bonds. The van der Waals surface area contributed by atoms with Crippen LogP contribution >= 0.6 is 24.0 Å². The van der Waals surface area contributed by atoms with Crippen molar-refractivity contribution in [3.63, 3.8) is 0 Å². The lowest BCUT2D eigenvalue weighted by atomic mass is 10.1. The van der Waals surface area contributed by atoms with Crippen LogP contribution in [0.4, 0.5) is 0 Å². The molecule has 0 N–H and O–H groups in total. The summed E-state index contributed by atoms with van der Waals surface area (Å²) in [5.74, 6) is 1.42. The van der Waals surface area contributed by atoms with E-state index in [4.69, 9.17) is 17.0 Å². The molecule has 1 aliphatic heterocycles. The van der Waals surface area contributed by atoms with E-state index >= 15 is 0 Å². The second-order valence-corrected chi connectivity index (χ2v) is 7.36. The fourth-order valence-corrected chi connectivity index (χ4v) is 3.29. The van der Waals surface area contributed by atoms with E-state index in [1.165, 1.54) is 11.8 Å². The van der Waals surface area contributed by atoms with Crippen molar-refractivity contribution >= 4 is 40.3 Å². The largest absolute Gasteiger partial charge is 0.494 e. The minimum Gasteiger partial charge on any atom is -0.494 e. The molecular weight excluding hydrogens is 326 g/mol. The molecule has 0 bridgehead atoms. The van der Waals surface area contributed by atoms with Crippen molar-refractivity contribution in [2.45, 2.75) is 20.3 Å². The number of thioether (sulfide) groups is 1. The van der Waals surface area contributed by atoms with E-state index < -0.39 is 0 Å². The first-order valence-corrected chi connectivity index (χ1v) is 8.83. The van der Waals surface area contributed by atoms with Crippen LogP contribution < -0.4 is 4.74 Å². The fourth-order valence-electron chi connectivity index (χ4n) is 2.01. The summed E-state index contributed by atoms with van der Waals surface area (Å²) in [6.07, 6.45) is 4.57. The van der Waals surface area contributed by atoms with Gasteiger partial charge in [0.15, 0.2) is 0 Å². The number of carbonyl (C=O) groups excluding carboxylic acids is 1. The van der Waals surface area contributed by atoms with Crippen LogP contribution in [0.25, 0.3) is 6.08 Å². The van der Waals surface area contributed by atoms with Gasteiger partial charge in [-0.2, -0.15) is 0 Å². The minimum atomic E-state index is -0.0582. The number of amides is 1. The molecule has 3 nitrogen and oxygen atoms in total. The highest BCUT2D eigenvalue weighted by molar-refractivity contribution is 8.26. The average Bonchev–Trinajstić information content (AvgIpc) is 2.77. The van der Waals surface area contributed by atoms with Gasteiger partial charge in [0.25, 0.3) is 5.91 Å². The Bertz CT molecular complexity index is 620. The lowest BCUT2D eigenvalue weighted by Gasteiger charge is -2.10. The van der Waals surface area contributed by atoms with Gasteiger partial charge in [-0.3, -0.25) is 9.69 Å². The third-order valence-electron chi connectivity index (χ3n) is 3.33. The van der Waals surface area contributed by atoms with Crippen LogP contribution in [0, 0.1) is 5.92 Å². The summed E-state index contributed by atoms with van der Waals surface area (Å²) in [6, 6.07) is 7.75. The number of benzene rings is 1. The highest BCUT2D eigenvalue weighted by Crippen LogP contribution is 2.32. The Kier molecular flexibility index (Phi) is 6.42. The Hall–Kier alpha value is -1.59. The molecule has 0 aliphatic carbocycles. The van der Waals surface area contributed by atoms with Gasteiger partial charge in [-0.1, -0.05) is 56.0 Å². The quantitative estimate of drug-likeness (QED) is 0.413. The number of hydrogen-bond donors (Lipinski definition) is 0. The fraction of sp³-hybridized carbons (Fsp3) is 0.333. The van der Waals surface area contributed by atoms with Crippen LogP contribution in [0.3, 0.4) is 0 Å². The van der Waals surface area contributed by atoms with E-state index in [0.29, 0.717) is 21.7 Å². The molecule has 23 heavy (non-hydrogen) atoms. The zero-order valence-corrected chi connectivity index (χ0v) is 15.1. The molecule has 5 heteroatoms. The maximum absolute atomic E-state index is 12.3. The van der Waals surface area contributed by atoms with E-state index in [1.807, 2.05) is 30.3 Å². The first kappa shape index (κ1) is 17.8. The maximum Gasteiger partial charge on any atom is 0.266 e. The summed E-state index contributed by atoms with van der Waals surface area (Å²) in [6.45, 7) is 9.17. The minimum absolute atomic E-state index is 0.0582. The molecule has 2 rings (SSSR count). The average molecular weight is 348 g/mol. The molecule has 0 atom stereocenters. The van der Waals surface area contributed by atoms with Crippen molar-refractivity contribution in [1.29, 1.82) is 0 Å². The standard InChI is InChI=1S/C18H21NO2S2/c1-4-10-19-17(20)16(23-18(19)22)12-14-5-7-15(8-6-14)21-11-9-13(2)3/h4-8,12-13H,1,9-11H2,2-3H3/b16-12+. The zero-order chi connectivity index (χ0) is 16.8. The van der Waals surface area contributed by atoms with Gasteiger partial charge in [0.2, 0.25) is 0 Å². The van der Waals surface area contributed by atoms with Gasteiger partial charge in [0, 0.05) is 6.54 Å². The molecule has 1 aliphatic rings. The van der Waals surface area contributed by atoms with Gasteiger partial charge in [0.1, 0.15) is 10.1 Å². The van der Waals surface area contributed by atoms with Gasteiger partial charge in [-0.25, -0.2) is 0 Å². The zero-order valence-electron chi connectivity index (χ0n) is 13.5. The molecule has 1 heterocycles. The third kappa shape index (κ3) is 4.94. The predicted octanol–water partition coefficient (Wildman–Crippen LogP) is 4.50. The number of hydrogen-bond acceptors (Lipinski definition) is 4. The lowest BCUT2D eigenvalue weighted by Crippen LogP contribution is -2.27. The Balaban J connectivity index is 2.01. The molecule has 1 aromatic carbocycles. The van der Waals surface area contributed by atoms with Gasteiger partial charge < -0.3 is 4.74 Å². The molecule has 0 saturated carbocycles. The van der Waals surface area contributed by atoms with Gasteiger partial charge >= 0.3 is 0 Å². The first-order valence-electron chi connectivity index (χ1n) is 7.60. The Morgan fingerprint density at radius 1 is 1.35 bits per heavy atom. The molecule has 0 aromatic heterocycles. The predicted molar refractivity (Wildman–Crippen MR) is 101 cm³/mol. The normalized spacial score (nSPS) is 16.5. The van der Waals surface area contributed by atoms with Crippen LogP contribution in [-0.2, 0) is 4.79 Å². The monoisotopic (exact) mass is 347 g/mol. The Morgan fingerprint density at radius 2 is 2.04 bits per heavy atom. The van der Waals surface area contributed by atoms with E-state index in [2.05, 4.69) is 20.4 Å². The van der Waals surface area contributed by atoms with Crippen LogP contribution in [0.2, 0.25) is 0 Å². The maximum atomic E-state index is 12.3. The second-order valence-electron chi connectivity index (χ2n) is 5.68. The molecule has 1 fully saturated rings. The van der Waals surface area contributed by atoms with Crippen LogP contribution in [0.5, 0.6) is 5.75 Å². The molecule has 1 aromatic rings. The van der Waals surface area contributed by atoms with Crippen LogP contribution in [-0.4, -0.2) is 28.3 Å². The van der Waals surface area contributed by atoms with E-state index in [-0.39, 0.29) is 5.91 Å². The van der Waals surface area contributed by atoms with Crippen molar-refractivity contribution in [3.05, 3.63) is 47.4 Å². The van der Waals surface area contributed by atoms with Gasteiger partial charge in [0.05, 0.1) is 11.5 Å². The summed E-state index contributed by atoms with van der Waals surface area (Å²) in [5, 5.41) is 0. The van der Waals surface area contributed by atoms with E-state index in [9.17, 15) is 4.79 Å². The molecule has 122 valence electrons. The molecule has 1 saturated heterocycles. The van der Waals surface area contributed by atoms with Gasteiger partial charge in [-0.15, -0.1) is 6.58 Å². The summed E-state index contributed by atoms with van der Waals surface area (Å²) in [4.78, 5) is 14.5. The Labute approximate surface area is 147 Å². The number of nitrogens with zero attached hydrogens (tertiary/aromatic N) is 1. The number of carbonyl (C=O) groups is 1. The van der Waals surface area contributed by atoms with Crippen molar-refractivity contribution in [2.24, 2.45) is 5.92 Å². The van der Waals surface area contributed by atoms with Crippen molar-refractivity contribution in [1.82, 2.24) is 4.90 Å². The van der Waals surface area contributed by atoms with Crippen LogP contribution in [0.15, 0.2) is 41.8 Å². The molecule has 0 unspecified atom stereocenters. The van der Waals surface area contributed by atoms with Crippen molar-refractivity contribution in [3.8, 4) is 5.75 Å². The van der Waals surface area contributed by atoms with Crippen molar-refractivity contribution in [2.75, 3.05) is 13.2 Å². The topological polar surface area (TPSA) is 29.5 Å². The van der Waals surface area contributed by atoms with Crippen molar-refractivity contribution < 1.29 is 9.53 Å². The highest BCUT2D eigenvalue weighted by atomic mass is 32.2. The summed E-state index contributed by atoms with van der Waals surface area (Å²) in [5.41, 5.74) is 0.959. The molecular formula is C18H21NO2S2. The summed E-state index contributed by atoms with van der Waals surface area (Å²) >= 11 is 6.55. The summed E-state index contributed by atoms with van der Waals surface area (Å²) < 4.78 is 6.27. The van der Waals surface area contributed by atoms with Crippen LogP contribution in [0.1, 0.15) is 25.8 Å². The SMILES string of the molecule is C=CCN1C(=O)/C(=C\c2ccc(OCCC(C)C)cc2)SC1=S. The second kappa shape index (κ2) is 8.31. The third-order valence-corrected chi connectivity index (χ3v) is 4.70. The lowest BCUT2D eigenvalue weighted by molar-refractivity contribution is -0.121. The smallest absolute Gasteiger partial charge is 0.266 e. The highest BCUT2D eigenvalue weighted by Gasteiger charge is 2.30. The molecule has 0 spiro atoms. The number of ether oxygens (including phenoxy) is 1. The number of rotatable bonds is 7. The first-order chi connectivity index (χ1) is 11.0. The summed E-state index contributed by atoms with van der Waals surface area (Å²) in [7, 11) is 0. The molecule has 0 radical (unpaired) electrons. The van der Waals surface area contributed by atoms with E-state index in [0.717, 1.165) is 24.3 Å².